The van der Waals surface area contributed by atoms with Crippen LogP contribution in [0.4, 0.5) is 0 Å². The fourth-order valence-corrected chi connectivity index (χ4v) is 4.42. The number of benzene rings is 1. The molecular formula is C18H19N3O2S. The summed E-state index contributed by atoms with van der Waals surface area (Å²) < 4.78 is 2.57. The van der Waals surface area contributed by atoms with Crippen LogP contribution >= 0.6 is 11.3 Å². The van der Waals surface area contributed by atoms with Gasteiger partial charge in [0.05, 0.1) is 15.8 Å². The zero-order valence-corrected chi connectivity index (χ0v) is 14.6. The van der Waals surface area contributed by atoms with Crippen LogP contribution in [0.5, 0.6) is 0 Å². The summed E-state index contributed by atoms with van der Waals surface area (Å²) in [7, 11) is 3.85. The maximum atomic E-state index is 12.8. The molecule has 3 heterocycles. The van der Waals surface area contributed by atoms with Crippen molar-refractivity contribution in [3.05, 3.63) is 45.6 Å². The van der Waals surface area contributed by atoms with Crippen molar-refractivity contribution < 1.29 is 4.79 Å². The summed E-state index contributed by atoms with van der Waals surface area (Å²) >= 11 is 1.43. The van der Waals surface area contributed by atoms with E-state index in [-0.39, 0.29) is 11.5 Å². The molecule has 4 rings (SSSR count). The first-order chi connectivity index (χ1) is 11.6. The van der Waals surface area contributed by atoms with E-state index in [1.807, 2.05) is 29.2 Å². The number of carbonyl (C=O) groups excluding carboxylic acids is 1. The molecule has 6 heteroatoms. The molecule has 1 fully saturated rings. The Morgan fingerprint density at radius 2 is 1.75 bits per heavy atom. The highest BCUT2D eigenvalue weighted by atomic mass is 32.1. The Bertz CT molecular complexity index is 997. The van der Waals surface area contributed by atoms with Gasteiger partial charge in [0.15, 0.2) is 0 Å². The third-order valence-electron chi connectivity index (χ3n) is 4.78. The van der Waals surface area contributed by atoms with E-state index in [0.29, 0.717) is 10.3 Å². The van der Waals surface area contributed by atoms with Crippen LogP contribution in [0, 0.1) is 0 Å². The van der Waals surface area contributed by atoms with Crippen LogP contribution < -0.4 is 5.56 Å². The summed E-state index contributed by atoms with van der Waals surface area (Å²) in [6.07, 6.45) is 0. The zero-order valence-electron chi connectivity index (χ0n) is 13.8. The number of aryl methyl sites for hydroxylation is 1. The van der Waals surface area contributed by atoms with Gasteiger partial charge in [-0.1, -0.05) is 18.2 Å². The minimum atomic E-state index is -0.0441. The molecule has 3 aromatic rings. The van der Waals surface area contributed by atoms with Crippen molar-refractivity contribution in [1.29, 1.82) is 0 Å². The smallest absolute Gasteiger partial charge is 0.264 e. The standard InChI is InChI=1S/C18H19N3O2S/c1-19-7-9-21(10-8-19)18(23)15-11-13-16(24-15)12-5-3-4-6-14(12)20(2)17(13)22/h3-6,11H,7-10H2,1-2H3. The molecule has 1 aliphatic rings. The number of fused-ring (bicyclic) bond motifs is 3. The highest BCUT2D eigenvalue weighted by molar-refractivity contribution is 7.21. The van der Waals surface area contributed by atoms with E-state index in [4.69, 9.17) is 0 Å². The molecule has 0 atom stereocenters. The average Bonchev–Trinajstić information content (AvgIpc) is 3.05. The summed E-state index contributed by atoms with van der Waals surface area (Å²) in [5, 5.41) is 1.66. The summed E-state index contributed by atoms with van der Waals surface area (Å²) in [5.41, 5.74) is 0.854. The van der Waals surface area contributed by atoms with E-state index in [2.05, 4.69) is 11.9 Å². The number of nitrogens with zero attached hydrogens (tertiary/aromatic N) is 3. The molecule has 0 aliphatic carbocycles. The number of carbonyl (C=O) groups is 1. The molecule has 0 unspecified atom stereocenters. The molecule has 1 aliphatic heterocycles. The van der Waals surface area contributed by atoms with Gasteiger partial charge in [0.2, 0.25) is 0 Å². The van der Waals surface area contributed by atoms with Gasteiger partial charge in [0.1, 0.15) is 0 Å². The summed E-state index contributed by atoms with van der Waals surface area (Å²) in [6.45, 7) is 3.26. The van der Waals surface area contributed by atoms with Gasteiger partial charge in [-0.15, -0.1) is 11.3 Å². The number of aromatic nitrogens is 1. The van der Waals surface area contributed by atoms with E-state index in [1.165, 1.54) is 11.3 Å². The number of para-hydroxylation sites is 1. The summed E-state index contributed by atoms with van der Waals surface area (Å²) in [4.78, 5) is 30.2. The Morgan fingerprint density at radius 3 is 2.50 bits per heavy atom. The number of likely N-dealkylation sites (N-methyl/N-ethyl adjacent to an activating group) is 1. The SMILES string of the molecule is CN1CCN(C(=O)c2cc3c(=O)n(C)c4ccccc4c3s2)CC1. The number of hydrogen-bond acceptors (Lipinski definition) is 4. The van der Waals surface area contributed by atoms with E-state index >= 15 is 0 Å². The molecular weight excluding hydrogens is 322 g/mol. The fraction of sp³-hybridized carbons (Fsp3) is 0.333. The molecule has 0 N–H and O–H groups in total. The van der Waals surface area contributed by atoms with Crippen molar-refractivity contribution in [3.63, 3.8) is 0 Å². The largest absolute Gasteiger partial charge is 0.335 e. The number of piperazine rings is 1. The molecule has 124 valence electrons. The quantitative estimate of drug-likeness (QED) is 0.681. The first-order valence-electron chi connectivity index (χ1n) is 8.05. The van der Waals surface area contributed by atoms with Gasteiger partial charge in [-0.2, -0.15) is 0 Å². The zero-order chi connectivity index (χ0) is 16.8. The van der Waals surface area contributed by atoms with Crippen LogP contribution in [0.3, 0.4) is 0 Å². The van der Waals surface area contributed by atoms with Crippen molar-refractivity contribution in [2.75, 3.05) is 33.2 Å². The number of hydrogen-bond donors (Lipinski definition) is 0. The molecule has 1 aromatic carbocycles. The van der Waals surface area contributed by atoms with Crippen molar-refractivity contribution in [1.82, 2.24) is 14.4 Å². The monoisotopic (exact) mass is 341 g/mol. The van der Waals surface area contributed by atoms with Crippen LogP contribution in [-0.2, 0) is 7.05 Å². The summed E-state index contributed by atoms with van der Waals surface area (Å²) in [5.74, 6) is 0.0374. The Morgan fingerprint density at radius 1 is 1.04 bits per heavy atom. The predicted octanol–water partition coefficient (Wildman–Crippen LogP) is 2.14. The van der Waals surface area contributed by atoms with Crippen LogP contribution in [0.2, 0.25) is 0 Å². The van der Waals surface area contributed by atoms with E-state index < -0.39 is 0 Å². The molecule has 1 amide bonds. The molecule has 2 aromatic heterocycles. The Labute approximate surface area is 143 Å². The molecule has 0 radical (unpaired) electrons. The fourth-order valence-electron chi connectivity index (χ4n) is 3.27. The molecule has 0 spiro atoms. The van der Waals surface area contributed by atoms with Crippen molar-refractivity contribution in [2.45, 2.75) is 0 Å². The second-order valence-electron chi connectivity index (χ2n) is 6.33. The number of thiophene rings is 1. The van der Waals surface area contributed by atoms with Crippen LogP contribution in [-0.4, -0.2) is 53.5 Å². The highest BCUT2D eigenvalue weighted by Gasteiger charge is 2.23. The Balaban J connectivity index is 1.84. The van der Waals surface area contributed by atoms with Crippen molar-refractivity contribution in [3.8, 4) is 0 Å². The lowest BCUT2D eigenvalue weighted by molar-refractivity contribution is 0.0669. The second kappa shape index (κ2) is 5.72. The van der Waals surface area contributed by atoms with Gasteiger partial charge in [0.25, 0.3) is 11.5 Å². The second-order valence-corrected chi connectivity index (χ2v) is 7.38. The van der Waals surface area contributed by atoms with Gasteiger partial charge in [-0.25, -0.2) is 0 Å². The average molecular weight is 341 g/mol. The maximum Gasteiger partial charge on any atom is 0.264 e. The molecule has 0 saturated carbocycles. The molecule has 1 saturated heterocycles. The maximum absolute atomic E-state index is 12.8. The normalized spacial score (nSPS) is 16.2. The minimum absolute atomic E-state index is 0.0374. The molecule has 0 bridgehead atoms. The van der Waals surface area contributed by atoms with Gasteiger partial charge in [-0.05, 0) is 19.2 Å². The van der Waals surface area contributed by atoms with Crippen LogP contribution in [0.25, 0.3) is 21.0 Å². The first kappa shape index (κ1) is 15.4. The van der Waals surface area contributed by atoms with E-state index in [0.717, 1.165) is 41.8 Å². The van der Waals surface area contributed by atoms with E-state index in [9.17, 15) is 9.59 Å². The van der Waals surface area contributed by atoms with Gasteiger partial charge in [-0.3, -0.25) is 9.59 Å². The van der Waals surface area contributed by atoms with Crippen molar-refractivity contribution >= 4 is 38.2 Å². The highest BCUT2D eigenvalue weighted by Crippen LogP contribution is 2.31. The van der Waals surface area contributed by atoms with Crippen LogP contribution in [0.1, 0.15) is 9.67 Å². The summed E-state index contributed by atoms with van der Waals surface area (Å²) in [6, 6.07) is 9.62. The molecule has 24 heavy (non-hydrogen) atoms. The third-order valence-corrected chi connectivity index (χ3v) is 5.93. The van der Waals surface area contributed by atoms with Crippen molar-refractivity contribution in [2.24, 2.45) is 7.05 Å². The lowest BCUT2D eigenvalue weighted by Crippen LogP contribution is -2.46. The Hall–Kier alpha value is -2.18. The number of pyridine rings is 1. The molecule has 5 nitrogen and oxygen atoms in total. The van der Waals surface area contributed by atoms with Gasteiger partial charge < -0.3 is 14.4 Å². The first-order valence-corrected chi connectivity index (χ1v) is 8.87. The minimum Gasteiger partial charge on any atom is -0.335 e. The Kier molecular flexibility index (Phi) is 3.66. The predicted molar refractivity (Wildman–Crippen MR) is 98.0 cm³/mol. The number of amides is 1. The lowest BCUT2D eigenvalue weighted by Gasteiger charge is -2.32. The van der Waals surface area contributed by atoms with Gasteiger partial charge in [0, 0.05) is 43.3 Å². The topological polar surface area (TPSA) is 45.6 Å². The lowest BCUT2D eigenvalue weighted by atomic mass is 10.1. The van der Waals surface area contributed by atoms with Crippen LogP contribution in [0.15, 0.2) is 35.1 Å². The van der Waals surface area contributed by atoms with E-state index in [1.54, 1.807) is 17.7 Å². The third kappa shape index (κ3) is 2.34. The van der Waals surface area contributed by atoms with Gasteiger partial charge >= 0.3 is 0 Å². The number of rotatable bonds is 1.